The van der Waals surface area contributed by atoms with E-state index >= 15 is 0 Å². The number of pyridine rings is 2. The Morgan fingerprint density at radius 3 is 3.12 bits per heavy atom. The molecule has 16 heavy (non-hydrogen) atoms. The molecular formula is C12H7N3O. The summed E-state index contributed by atoms with van der Waals surface area (Å²) in [5, 5.41) is 8.82. The molecule has 0 fully saturated rings. The molecule has 1 N–H and O–H groups in total. The number of aromatic nitrogens is 2. The van der Waals surface area contributed by atoms with Crippen molar-refractivity contribution in [2.45, 2.75) is 6.42 Å². The summed E-state index contributed by atoms with van der Waals surface area (Å²) in [5.41, 5.74) is 3.78. The van der Waals surface area contributed by atoms with Gasteiger partial charge in [-0.15, -0.1) is 0 Å². The molecule has 0 aliphatic heterocycles. The zero-order chi connectivity index (χ0) is 11.1. The zero-order valence-electron chi connectivity index (χ0n) is 8.32. The summed E-state index contributed by atoms with van der Waals surface area (Å²) in [4.78, 5) is 18.3. The van der Waals surface area contributed by atoms with Gasteiger partial charge in [-0.25, -0.2) is 0 Å². The third-order valence-corrected chi connectivity index (χ3v) is 2.80. The number of nitrogens with zero attached hydrogens (tertiary/aromatic N) is 2. The molecule has 2 aromatic rings. The molecule has 2 heterocycles. The van der Waals surface area contributed by atoms with Crippen LogP contribution in [0.25, 0.3) is 11.1 Å². The van der Waals surface area contributed by atoms with E-state index in [1.807, 2.05) is 12.1 Å². The molecule has 2 aromatic heterocycles. The first-order valence-electron chi connectivity index (χ1n) is 4.89. The lowest BCUT2D eigenvalue weighted by Gasteiger charge is -1.99. The summed E-state index contributed by atoms with van der Waals surface area (Å²) < 4.78 is 0. The van der Waals surface area contributed by atoms with Crippen LogP contribution < -0.4 is 5.56 Å². The van der Waals surface area contributed by atoms with Crippen molar-refractivity contribution in [2.24, 2.45) is 0 Å². The summed E-state index contributed by atoms with van der Waals surface area (Å²) in [5.74, 6) is 0. The molecule has 76 valence electrons. The van der Waals surface area contributed by atoms with Crippen LogP contribution in [0.4, 0.5) is 0 Å². The fraction of sp³-hybridized carbons (Fsp3) is 0.0833. The van der Waals surface area contributed by atoms with Gasteiger partial charge < -0.3 is 4.98 Å². The SMILES string of the molecule is N#Cc1cc2c([nH]c1=O)Cc1cnccc1-2. The normalized spacial score (nSPS) is 11.7. The van der Waals surface area contributed by atoms with Gasteiger partial charge in [0.15, 0.2) is 0 Å². The monoisotopic (exact) mass is 209 g/mol. The van der Waals surface area contributed by atoms with Gasteiger partial charge in [0, 0.05) is 30.1 Å². The van der Waals surface area contributed by atoms with E-state index in [1.165, 1.54) is 0 Å². The van der Waals surface area contributed by atoms with Crippen LogP contribution in [0.2, 0.25) is 0 Å². The Hall–Kier alpha value is -2.41. The van der Waals surface area contributed by atoms with E-state index in [-0.39, 0.29) is 11.1 Å². The van der Waals surface area contributed by atoms with Crippen LogP contribution in [0.1, 0.15) is 16.8 Å². The van der Waals surface area contributed by atoms with E-state index < -0.39 is 0 Å². The van der Waals surface area contributed by atoms with E-state index in [4.69, 9.17) is 5.26 Å². The topological polar surface area (TPSA) is 69.5 Å². The van der Waals surface area contributed by atoms with E-state index in [2.05, 4.69) is 9.97 Å². The molecule has 3 rings (SSSR count). The number of hydrogen-bond donors (Lipinski definition) is 1. The smallest absolute Gasteiger partial charge is 0.266 e. The second-order valence-electron chi connectivity index (χ2n) is 3.73. The van der Waals surface area contributed by atoms with Crippen molar-refractivity contribution in [1.82, 2.24) is 9.97 Å². The van der Waals surface area contributed by atoms with Gasteiger partial charge in [-0.05, 0) is 23.3 Å². The molecule has 0 saturated carbocycles. The molecule has 0 radical (unpaired) electrons. The molecule has 0 aromatic carbocycles. The van der Waals surface area contributed by atoms with Gasteiger partial charge in [0.05, 0.1) is 0 Å². The number of H-pyrrole nitrogens is 1. The lowest BCUT2D eigenvalue weighted by Crippen LogP contribution is -2.11. The maximum absolute atomic E-state index is 11.5. The molecule has 0 saturated heterocycles. The highest BCUT2D eigenvalue weighted by Gasteiger charge is 2.20. The average Bonchev–Trinajstić information content (AvgIpc) is 2.65. The summed E-state index contributed by atoms with van der Waals surface area (Å²) >= 11 is 0. The number of aromatic amines is 1. The van der Waals surface area contributed by atoms with Crippen LogP contribution in [-0.4, -0.2) is 9.97 Å². The van der Waals surface area contributed by atoms with Crippen LogP contribution in [0, 0.1) is 11.3 Å². The average molecular weight is 209 g/mol. The van der Waals surface area contributed by atoms with Crippen molar-refractivity contribution < 1.29 is 0 Å². The second-order valence-corrected chi connectivity index (χ2v) is 3.73. The summed E-state index contributed by atoms with van der Waals surface area (Å²) in [6, 6.07) is 5.45. The number of nitriles is 1. The Kier molecular flexibility index (Phi) is 1.68. The first-order chi connectivity index (χ1) is 7.79. The minimum atomic E-state index is -0.318. The summed E-state index contributed by atoms with van der Waals surface area (Å²) in [7, 11) is 0. The van der Waals surface area contributed by atoms with Crippen LogP contribution in [0.5, 0.6) is 0 Å². The number of fused-ring (bicyclic) bond motifs is 3. The number of nitrogens with one attached hydrogen (secondary N) is 1. The predicted molar refractivity (Wildman–Crippen MR) is 57.8 cm³/mol. The number of hydrogen-bond acceptors (Lipinski definition) is 3. The Bertz CT molecular complexity index is 679. The molecule has 0 unspecified atom stereocenters. The van der Waals surface area contributed by atoms with Crippen LogP contribution >= 0.6 is 0 Å². The zero-order valence-corrected chi connectivity index (χ0v) is 8.32. The highest BCUT2D eigenvalue weighted by molar-refractivity contribution is 5.75. The van der Waals surface area contributed by atoms with Gasteiger partial charge >= 0.3 is 0 Å². The van der Waals surface area contributed by atoms with Gasteiger partial charge in [-0.1, -0.05) is 0 Å². The van der Waals surface area contributed by atoms with Crippen molar-refractivity contribution >= 4 is 0 Å². The highest BCUT2D eigenvalue weighted by Crippen LogP contribution is 2.33. The van der Waals surface area contributed by atoms with Gasteiger partial charge in [0.25, 0.3) is 5.56 Å². The van der Waals surface area contributed by atoms with Crippen molar-refractivity contribution in [3.05, 3.63) is 51.7 Å². The van der Waals surface area contributed by atoms with E-state index in [1.54, 1.807) is 18.5 Å². The molecule has 0 atom stereocenters. The molecule has 4 nitrogen and oxygen atoms in total. The van der Waals surface area contributed by atoms with Crippen molar-refractivity contribution in [3.8, 4) is 17.2 Å². The minimum absolute atomic E-state index is 0.156. The molecular weight excluding hydrogens is 202 g/mol. The minimum Gasteiger partial charge on any atom is -0.324 e. The van der Waals surface area contributed by atoms with Crippen molar-refractivity contribution in [1.29, 1.82) is 5.26 Å². The maximum Gasteiger partial charge on any atom is 0.266 e. The fourth-order valence-corrected chi connectivity index (χ4v) is 2.05. The molecule has 1 aliphatic rings. The van der Waals surface area contributed by atoms with Gasteiger partial charge in [0.2, 0.25) is 0 Å². The Morgan fingerprint density at radius 2 is 2.31 bits per heavy atom. The van der Waals surface area contributed by atoms with Crippen LogP contribution in [0.3, 0.4) is 0 Å². The maximum atomic E-state index is 11.5. The summed E-state index contributed by atoms with van der Waals surface area (Å²) in [6.45, 7) is 0. The van der Waals surface area contributed by atoms with Crippen LogP contribution in [0.15, 0.2) is 29.3 Å². The van der Waals surface area contributed by atoms with Crippen molar-refractivity contribution in [2.75, 3.05) is 0 Å². The standard InChI is InChI=1S/C12H7N3O/c13-5-7-3-10-9-1-2-14-6-8(9)4-11(10)15-12(7)16/h1-3,6H,4H2,(H,15,16). The lowest BCUT2D eigenvalue weighted by atomic mass is 10.1. The van der Waals surface area contributed by atoms with Gasteiger partial charge in [0.1, 0.15) is 11.6 Å². The fourth-order valence-electron chi connectivity index (χ4n) is 2.05. The van der Waals surface area contributed by atoms with E-state index in [9.17, 15) is 4.79 Å². The highest BCUT2D eigenvalue weighted by atomic mass is 16.1. The largest absolute Gasteiger partial charge is 0.324 e. The Labute approximate surface area is 91.2 Å². The third kappa shape index (κ3) is 1.09. The molecule has 1 aliphatic carbocycles. The number of rotatable bonds is 0. The third-order valence-electron chi connectivity index (χ3n) is 2.80. The van der Waals surface area contributed by atoms with E-state index in [0.29, 0.717) is 6.42 Å². The van der Waals surface area contributed by atoms with Gasteiger partial charge in [-0.3, -0.25) is 9.78 Å². The first kappa shape index (κ1) is 8.86. The van der Waals surface area contributed by atoms with E-state index in [0.717, 1.165) is 22.4 Å². The first-order valence-corrected chi connectivity index (χ1v) is 4.89. The molecule has 0 amide bonds. The lowest BCUT2D eigenvalue weighted by molar-refractivity contribution is 1.07. The Morgan fingerprint density at radius 1 is 1.44 bits per heavy atom. The molecule has 0 bridgehead atoms. The summed E-state index contributed by atoms with van der Waals surface area (Å²) in [6.07, 6.45) is 4.18. The Balaban J connectivity index is 2.33. The quantitative estimate of drug-likeness (QED) is 0.605. The van der Waals surface area contributed by atoms with Crippen LogP contribution in [-0.2, 0) is 6.42 Å². The molecule has 4 heteroatoms. The molecule has 0 spiro atoms. The van der Waals surface area contributed by atoms with Gasteiger partial charge in [-0.2, -0.15) is 5.26 Å². The van der Waals surface area contributed by atoms with Crippen molar-refractivity contribution in [3.63, 3.8) is 0 Å². The second kappa shape index (κ2) is 3.04. The predicted octanol–water partition coefficient (Wildman–Crippen LogP) is 1.21.